The van der Waals surface area contributed by atoms with E-state index < -0.39 is 36.0 Å². The molecule has 1 rings (SSSR count). The van der Waals surface area contributed by atoms with Crippen molar-refractivity contribution in [2.24, 2.45) is 0 Å². The maximum Gasteiger partial charge on any atom is 0.573 e. The largest absolute Gasteiger partial charge is 0.573 e. The first-order valence-corrected chi connectivity index (χ1v) is 7.40. The van der Waals surface area contributed by atoms with E-state index in [1.54, 1.807) is 0 Å². The maximum absolute atomic E-state index is 12.1. The molecule has 1 aromatic rings. The summed E-state index contributed by atoms with van der Waals surface area (Å²) in [5.41, 5.74) is 0.264. The Bertz CT molecular complexity index is 649. The van der Waals surface area contributed by atoms with Crippen molar-refractivity contribution in [1.82, 2.24) is 15.5 Å². The lowest BCUT2D eigenvalue weighted by Crippen LogP contribution is -2.49. The Morgan fingerprint density at radius 2 is 1.77 bits per heavy atom. The quantitative estimate of drug-likeness (QED) is 0.695. The summed E-state index contributed by atoms with van der Waals surface area (Å²) in [6, 6.07) is 3.20. The number of anilines is 1. The summed E-state index contributed by atoms with van der Waals surface area (Å²) in [5.74, 6) is -1.49. The number of nitrogens with zero attached hydrogens (tertiary/aromatic N) is 1. The SMILES string of the molecule is CNC(=O)NC(=O)[C@@H](C)N(C)CC(=O)Nc1ccc(OC(F)(F)F)cc1. The van der Waals surface area contributed by atoms with Gasteiger partial charge in [-0.1, -0.05) is 0 Å². The monoisotopic (exact) mass is 376 g/mol. The third-order valence-corrected chi connectivity index (χ3v) is 3.27. The first kappa shape index (κ1) is 21.2. The van der Waals surface area contributed by atoms with Gasteiger partial charge in [0.05, 0.1) is 12.6 Å². The fourth-order valence-electron chi connectivity index (χ4n) is 1.78. The Kier molecular flexibility index (Phi) is 7.38. The Hall–Kier alpha value is -2.82. The number of hydrogen-bond donors (Lipinski definition) is 3. The van der Waals surface area contributed by atoms with Gasteiger partial charge in [-0.25, -0.2) is 4.79 Å². The third-order valence-electron chi connectivity index (χ3n) is 3.27. The minimum Gasteiger partial charge on any atom is -0.406 e. The van der Waals surface area contributed by atoms with Gasteiger partial charge in [0.2, 0.25) is 11.8 Å². The van der Waals surface area contributed by atoms with E-state index in [2.05, 4.69) is 20.7 Å². The molecule has 3 N–H and O–H groups in total. The van der Waals surface area contributed by atoms with E-state index in [9.17, 15) is 27.6 Å². The fourth-order valence-corrected chi connectivity index (χ4v) is 1.78. The molecule has 0 unspecified atom stereocenters. The van der Waals surface area contributed by atoms with Crippen LogP contribution in [0.4, 0.5) is 23.7 Å². The summed E-state index contributed by atoms with van der Waals surface area (Å²) >= 11 is 0. The van der Waals surface area contributed by atoms with Gasteiger partial charge in [0.15, 0.2) is 0 Å². The standard InChI is InChI=1S/C15H19F3N4O4/c1-9(13(24)21-14(25)19-2)22(3)8-12(23)20-10-4-6-11(7-5-10)26-15(16,17)18/h4-7,9H,8H2,1-3H3,(H,20,23)(H2,19,21,24,25)/t9-/m1/s1. The van der Waals surface area contributed by atoms with Crippen LogP contribution in [0.1, 0.15) is 6.92 Å². The van der Waals surface area contributed by atoms with Crippen molar-refractivity contribution in [1.29, 1.82) is 0 Å². The maximum atomic E-state index is 12.1. The number of carbonyl (C=O) groups is 3. The summed E-state index contributed by atoms with van der Waals surface area (Å²) < 4.78 is 40.0. The molecule has 1 aromatic carbocycles. The lowest BCUT2D eigenvalue weighted by Gasteiger charge is -2.22. The van der Waals surface area contributed by atoms with Crippen LogP contribution in [-0.4, -0.2) is 55.8 Å². The van der Waals surface area contributed by atoms with Gasteiger partial charge in [-0.2, -0.15) is 0 Å². The molecule has 0 heterocycles. The predicted octanol–water partition coefficient (Wildman–Crippen LogP) is 1.30. The second kappa shape index (κ2) is 9.04. The van der Waals surface area contributed by atoms with Crippen LogP contribution in [0.15, 0.2) is 24.3 Å². The van der Waals surface area contributed by atoms with Gasteiger partial charge >= 0.3 is 12.4 Å². The molecule has 8 nitrogen and oxygen atoms in total. The molecule has 26 heavy (non-hydrogen) atoms. The average Bonchev–Trinajstić information content (AvgIpc) is 2.54. The second-order valence-corrected chi connectivity index (χ2v) is 5.28. The minimum atomic E-state index is -4.79. The van der Waals surface area contributed by atoms with Crippen LogP contribution in [0.25, 0.3) is 0 Å². The first-order valence-electron chi connectivity index (χ1n) is 7.40. The summed E-state index contributed by atoms with van der Waals surface area (Å²) in [6.07, 6.45) is -4.79. The second-order valence-electron chi connectivity index (χ2n) is 5.28. The topological polar surface area (TPSA) is 99.8 Å². The summed E-state index contributed by atoms with van der Waals surface area (Å²) in [4.78, 5) is 36.3. The Labute approximate surface area is 147 Å². The molecule has 0 aliphatic rings. The Morgan fingerprint density at radius 1 is 1.19 bits per heavy atom. The van der Waals surface area contributed by atoms with E-state index in [1.807, 2.05) is 0 Å². The molecule has 1 atom stereocenters. The summed E-state index contributed by atoms with van der Waals surface area (Å²) in [7, 11) is 2.86. The molecule has 0 aromatic heterocycles. The van der Waals surface area contributed by atoms with Crippen LogP contribution < -0.4 is 20.7 Å². The third kappa shape index (κ3) is 7.38. The first-order chi connectivity index (χ1) is 12.0. The van der Waals surface area contributed by atoms with Crippen molar-refractivity contribution >= 4 is 23.5 Å². The predicted molar refractivity (Wildman–Crippen MR) is 86.4 cm³/mol. The van der Waals surface area contributed by atoms with E-state index in [0.717, 1.165) is 12.1 Å². The van der Waals surface area contributed by atoms with E-state index in [-0.39, 0.29) is 12.2 Å². The number of amides is 4. The zero-order valence-corrected chi connectivity index (χ0v) is 14.3. The lowest BCUT2D eigenvalue weighted by molar-refractivity contribution is -0.274. The highest BCUT2D eigenvalue weighted by molar-refractivity contribution is 5.97. The highest BCUT2D eigenvalue weighted by Crippen LogP contribution is 2.23. The molecule has 0 aliphatic heterocycles. The van der Waals surface area contributed by atoms with Gasteiger partial charge in [0.25, 0.3) is 0 Å². The minimum absolute atomic E-state index is 0.177. The molecule has 11 heteroatoms. The van der Waals surface area contributed by atoms with Gasteiger partial charge in [0.1, 0.15) is 5.75 Å². The smallest absolute Gasteiger partial charge is 0.406 e. The lowest BCUT2D eigenvalue weighted by atomic mass is 10.2. The summed E-state index contributed by atoms with van der Waals surface area (Å²) in [5, 5.41) is 6.80. The van der Waals surface area contributed by atoms with Gasteiger partial charge in [-0.05, 0) is 38.2 Å². The van der Waals surface area contributed by atoms with Crippen molar-refractivity contribution in [3.63, 3.8) is 0 Å². The van der Waals surface area contributed by atoms with E-state index in [0.29, 0.717) is 0 Å². The summed E-state index contributed by atoms with van der Waals surface area (Å²) in [6.45, 7) is 1.33. The Balaban J connectivity index is 2.55. The van der Waals surface area contributed by atoms with E-state index >= 15 is 0 Å². The number of alkyl halides is 3. The number of imide groups is 1. The zero-order chi connectivity index (χ0) is 19.9. The van der Waals surface area contributed by atoms with Crippen molar-refractivity contribution in [2.45, 2.75) is 19.3 Å². The van der Waals surface area contributed by atoms with Crippen LogP contribution in [0.5, 0.6) is 5.75 Å². The van der Waals surface area contributed by atoms with Crippen molar-refractivity contribution in [2.75, 3.05) is 26.0 Å². The van der Waals surface area contributed by atoms with Gasteiger partial charge < -0.3 is 15.4 Å². The number of carbonyl (C=O) groups excluding carboxylic acids is 3. The molecular weight excluding hydrogens is 357 g/mol. The molecule has 0 spiro atoms. The number of halogens is 3. The average molecular weight is 376 g/mol. The molecule has 0 aliphatic carbocycles. The van der Waals surface area contributed by atoms with Crippen molar-refractivity contribution in [3.05, 3.63) is 24.3 Å². The normalized spacial score (nSPS) is 12.3. The van der Waals surface area contributed by atoms with Crippen LogP contribution in [0, 0.1) is 0 Å². The molecule has 0 saturated heterocycles. The highest BCUT2D eigenvalue weighted by Gasteiger charge is 2.31. The number of nitrogens with one attached hydrogen (secondary N) is 3. The number of urea groups is 1. The number of ether oxygens (including phenoxy) is 1. The van der Waals surface area contributed by atoms with Gasteiger partial charge in [-0.15, -0.1) is 13.2 Å². The molecule has 0 saturated carbocycles. The van der Waals surface area contributed by atoms with Crippen molar-refractivity contribution < 1.29 is 32.3 Å². The molecule has 0 fully saturated rings. The van der Waals surface area contributed by atoms with Gasteiger partial charge in [-0.3, -0.25) is 19.8 Å². The van der Waals surface area contributed by atoms with Crippen LogP contribution in [0.2, 0.25) is 0 Å². The van der Waals surface area contributed by atoms with E-state index in [1.165, 1.54) is 38.1 Å². The van der Waals surface area contributed by atoms with Crippen LogP contribution >= 0.6 is 0 Å². The van der Waals surface area contributed by atoms with Crippen molar-refractivity contribution in [3.8, 4) is 5.75 Å². The number of benzene rings is 1. The fraction of sp³-hybridized carbons (Fsp3) is 0.400. The molecule has 144 valence electrons. The molecule has 4 amide bonds. The molecule has 0 bridgehead atoms. The number of likely N-dealkylation sites (N-methyl/N-ethyl adjacent to an activating group) is 1. The number of rotatable bonds is 6. The Morgan fingerprint density at radius 3 is 2.27 bits per heavy atom. The van der Waals surface area contributed by atoms with E-state index in [4.69, 9.17) is 0 Å². The number of hydrogen-bond acceptors (Lipinski definition) is 5. The zero-order valence-electron chi connectivity index (χ0n) is 14.3. The molecule has 0 radical (unpaired) electrons. The van der Waals surface area contributed by atoms with Crippen LogP contribution in [-0.2, 0) is 9.59 Å². The highest BCUT2D eigenvalue weighted by atomic mass is 19.4. The molecular formula is C15H19F3N4O4. The van der Waals surface area contributed by atoms with Crippen LogP contribution in [0.3, 0.4) is 0 Å². The van der Waals surface area contributed by atoms with Gasteiger partial charge in [0, 0.05) is 12.7 Å².